The van der Waals surface area contributed by atoms with Gasteiger partial charge in [0.05, 0.1) is 0 Å². The third-order valence-electron chi connectivity index (χ3n) is 3.94. The minimum absolute atomic E-state index is 0.404. The molecule has 2 aromatic rings. The van der Waals surface area contributed by atoms with Crippen LogP contribution in [0.1, 0.15) is 33.7 Å². The second-order valence-corrected chi connectivity index (χ2v) is 5.82. The number of aryl methyl sites for hydroxylation is 2. The molecule has 0 saturated carbocycles. The number of nitrogens with one attached hydrogen (secondary N) is 1. The Hall–Kier alpha value is -1.31. The molecular formula is C17H18ClN. The van der Waals surface area contributed by atoms with E-state index in [9.17, 15) is 0 Å². The Kier molecular flexibility index (Phi) is 3.34. The van der Waals surface area contributed by atoms with Gasteiger partial charge in [-0.1, -0.05) is 41.4 Å². The Morgan fingerprint density at radius 2 is 2.00 bits per heavy atom. The summed E-state index contributed by atoms with van der Waals surface area (Å²) in [5.41, 5.74) is 6.75. The summed E-state index contributed by atoms with van der Waals surface area (Å²) in [4.78, 5) is 0. The third-order valence-corrected chi connectivity index (χ3v) is 4.16. The standard InChI is InChI=1S/C17H18ClN/c1-11-4-3-5-13(6-11)17-10-19-9-16-12(2)7-14(18)8-15(16)17/h3-8,17,19H,9-10H2,1-2H3. The first-order valence-electron chi connectivity index (χ1n) is 6.71. The van der Waals surface area contributed by atoms with Gasteiger partial charge < -0.3 is 5.32 Å². The molecule has 0 fully saturated rings. The van der Waals surface area contributed by atoms with Crippen molar-refractivity contribution in [2.45, 2.75) is 26.3 Å². The first-order valence-corrected chi connectivity index (χ1v) is 7.09. The van der Waals surface area contributed by atoms with Gasteiger partial charge in [0.1, 0.15) is 0 Å². The Labute approximate surface area is 119 Å². The normalized spacial score (nSPS) is 18.2. The van der Waals surface area contributed by atoms with E-state index in [4.69, 9.17) is 11.6 Å². The van der Waals surface area contributed by atoms with Gasteiger partial charge in [-0.25, -0.2) is 0 Å². The molecule has 19 heavy (non-hydrogen) atoms. The predicted molar refractivity (Wildman–Crippen MR) is 80.9 cm³/mol. The monoisotopic (exact) mass is 271 g/mol. The van der Waals surface area contributed by atoms with Gasteiger partial charge in [-0.2, -0.15) is 0 Å². The summed E-state index contributed by atoms with van der Waals surface area (Å²) in [6.45, 7) is 6.21. The van der Waals surface area contributed by atoms with Crippen LogP contribution < -0.4 is 5.32 Å². The van der Waals surface area contributed by atoms with E-state index in [0.29, 0.717) is 5.92 Å². The SMILES string of the molecule is Cc1cccc(C2CNCc3c(C)cc(Cl)cc32)c1. The first kappa shape index (κ1) is 12.7. The van der Waals surface area contributed by atoms with Gasteiger partial charge in [0.25, 0.3) is 0 Å². The van der Waals surface area contributed by atoms with Gasteiger partial charge in [-0.15, -0.1) is 0 Å². The van der Waals surface area contributed by atoms with Crippen LogP contribution in [0.2, 0.25) is 5.02 Å². The van der Waals surface area contributed by atoms with Crippen LogP contribution in [0.5, 0.6) is 0 Å². The summed E-state index contributed by atoms with van der Waals surface area (Å²) in [7, 11) is 0. The topological polar surface area (TPSA) is 12.0 Å². The maximum absolute atomic E-state index is 6.25. The zero-order chi connectivity index (χ0) is 13.4. The molecular weight excluding hydrogens is 254 g/mol. The molecule has 2 heteroatoms. The van der Waals surface area contributed by atoms with E-state index in [2.05, 4.69) is 55.6 Å². The molecule has 3 rings (SSSR count). The van der Waals surface area contributed by atoms with Crippen molar-refractivity contribution in [3.05, 3.63) is 69.2 Å². The van der Waals surface area contributed by atoms with Crippen molar-refractivity contribution in [2.75, 3.05) is 6.54 Å². The second-order valence-electron chi connectivity index (χ2n) is 5.39. The van der Waals surface area contributed by atoms with Crippen molar-refractivity contribution in [1.82, 2.24) is 5.32 Å². The zero-order valence-corrected chi connectivity index (χ0v) is 12.1. The lowest BCUT2D eigenvalue weighted by Crippen LogP contribution is -2.29. The molecule has 1 aliphatic rings. The lowest BCUT2D eigenvalue weighted by molar-refractivity contribution is 0.588. The van der Waals surface area contributed by atoms with E-state index in [1.165, 1.54) is 27.8 Å². The highest BCUT2D eigenvalue weighted by molar-refractivity contribution is 6.30. The van der Waals surface area contributed by atoms with Crippen LogP contribution in [-0.4, -0.2) is 6.54 Å². The molecule has 0 aromatic heterocycles. The van der Waals surface area contributed by atoms with Crippen molar-refractivity contribution in [1.29, 1.82) is 0 Å². The van der Waals surface area contributed by atoms with Crippen molar-refractivity contribution >= 4 is 11.6 Å². The molecule has 1 nitrogen and oxygen atoms in total. The van der Waals surface area contributed by atoms with Crippen molar-refractivity contribution < 1.29 is 0 Å². The molecule has 2 aromatic carbocycles. The predicted octanol–water partition coefficient (Wildman–Crippen LogP) is 4.19. The quantitative estimate of drug-likeness (QED) is 0.820. The highest BCUT2D eigenvalue weighted by atomic mass is 35.5. The van der Waals surface area contributed by atoms with E-state index >= 15 is 0 Å². The fraction of sp³-hybridized carbons (Fsp3) is 0.294. The highest BCUT2D eigenvalue weighted by Crippen LogP contribution is 2.34. The Morgan fingerprint density at radius 3 is 2.79 bits per heavy atom. The molecule has 0 aliphatic carbocycles. The molecule has 1 heterocycles. The fourth-order valence-electron chi connectivity index (χ4n) is 2.99. The van der Waals surface area contributed by atoms with E-state index in [1.54, 1.807) is 0 Å². The summed E-state index contributed by atoms with van der Waals surface area (Å²) in [5.74, 6) is 0.404. The number of halogens is 1. The van der Waals surface area contributed by atoms with Gasteiger partial charge in [0.15, 0.2) is 0 Å². The second kappa shape index (κ2) is 4.99. The van der Waals surface area contributed by atoms with E-state index in [0.717, 1.165) is 18.1 Å². The van der Waals surface area contributed by atoms with Gasteiger partial charge in [-0.05, 0) is 48.2 Å². The molecule has 0 bridgehead atoms. The van der Waals surface area contributed by atoms with Gasteiger partial charge in [0, 0.05) is 24.0 Å². The number of hydrogen-bond acceptors (Lipinski definition) is 1. The average Bonchev–Trinajstić information content (AvgIpc) is 2.38. The summed E-state index contributed by atoms with van der Waals surface area (Å²) >= 11 is 6.25. The largest absolute Gasteiger partial charge is 0.312 e. The zero-order valence-electron chi connectivity index (χ0n) is 11.3. The molecule has 0 spiro atoms. The lowest BCUT2D eigenvalue weighted by atomic mass is 9.83. The average molecular weight is 272 g/mol. The first-order chi connectivity index (χ1) is 9.15. The molecule has 1 unspecified atom stereocenters. The highest BCUT2D eigenvalue weighted by Gasteiger charge is 2.23. The van der Waals surface area contributed by atoms with Crippen LogP contribution in [0, 0.1) is 13.8 Å². The minimum atomic E-state index is 0.404. The number of hydrogen-bond donors (Lipinski definition) is 1. The molecule has 1 N–H and O–H groups in total. The molecule has 98 valence electrons. The number of fused-ring (bicyclic) bond motifs is 1. The van der Waals surface area contributed by atoms with Crippen LogP contribution in [0.25, 0.3) is 0 Å². The van der Waals surface area contributed by atoms with Crippen LogP contribution in [0.3, 0.4) is 0 Å². The van der Waals surface area contributed by atoms with E-state index < -0.39 is 0 Å². The van der Waals surface area contributed by atoms with Crippen LogP contribution in [-0.2, 0) is 6.54 Å². The van der Waals surface area contributed by atoms with Crippen molar-refractivity contribution in [3.8, 4) is 0 Å². The Morgan fingerprint density at radius 1 is 1.16 bits per heavy atom. The number of benzene rings is 2. The van der Waals surface area contributed by atoms with Crippen molar-refractivity contribution in [3.63, 3.8) is 0 Å². The van der Waals surface area contributed by atoms with E-state index in [1.807, 2.05) is 0 Å². The third kappa shape index (κ3) is 2.41. The van der Waals surface area contributed by atoms with Crippen LogP contribution in [0.4, 0.5) is 0 Å². The molecule has 0 radical (unpaired) electrons. The summed E-state index contributed by atoms with van der Waals surface area (Å²) in [6.07, 6.45) is 0. The maximum Gasteiger partial charge on any atom is 0.0411 e. The van der Waals surface area contributed by atoms with E-state index in [-0.39, 0.29) is 0 Å². The molecule has 0 amide bonds. The maximum atomic E-state index is 6.25. The summed E-state index contributed by atoms with van der Waals surface area (Å²) in [5, 5.41) is 4.37. The van der Waals surface area contributed by atoms with Crippen LogP contribution >= 0.6 is 11.6 Å². The summed E-state index contributed by atoms with van der Waals surface area (Å²) in [6, 6.07) is 13.0. The van der Waals surface area contributed by atoms with Gasteiger partial charge in [-0.3, -0.25) is 0 Å². The smallest absolute Gasteiger partial charge is 0.0411 e. The minimum Gasteiger partial charge on any atom is -0.312 e. The lowest BCUT2D eigenvalue weighted by Gasteiger charge is -2.28. The van der Waals surface area contributed by atoms with Crippen molar-refractivity contribution in [2.24, 2.45) is 0 Å². The Balaban J connectivity index is 2.12. The van der Waals surface area contributed by atoms with Crippen LogP contribution in [0.15, 0.2) is 36.4 Å². The summed E-state index contributed by atoms with van der Waals surface area (Å²) < 4.78 is 0. The fourth-order valence-corrected chi connectivity index (χ4v) is 3.27. The van der Waals surface area contributed by atoms with Gasteiger partial charge >= 0.3 is 0 Å². The number of rotatable bonds is 1. The van der Waals surface area contributed by atoms with Gasteiger partial charge in [0.2, 0.25) is 0 Å². The molecule has 0 saturated heterocycles. The molecule has 1 aliphatic heterocycles. The molecule has 1 atom stereocenters. The Bertz CT molecular complexity index is 619.